The number of benzene rings is 1. The van der Waals surface area contributed by atoms with Crippen molar-refractivity contribution in [2.75, 3.05) is 19.6 Å². The van der Waals surface area contributed by atoms with Crippen LogP contribution in [0.15, 0.2) is 24.3 Å². The van der Waals surface area contributed by atoms with Crippen LogP contribution in [0.2, 0.25) is 0 Å². The van der Waals surface area contributed by atoms with E-state index in [4.69, 9.17) is 0 Å². The lowest BCUT2D eigenvalue weighted by molar-refractivity contribution is 0.334. The molecule has 1 heteroatoms. The summed E-state index contributed by atoms with van der Waals surface area (Å²) < 4.78 is 0. The zero-order chi connectivity index (χ0) is 16.5. The van der Waals surface area contributed by atoms with E-state index in [2.05, 4.69) is 36.1 Å². The van der Waals surface area contributed by atoms with Gasteiger partial charge < -0.3 is 4.90 Å². The molecule has 0 unspecified atom stereocenters. The quantitative estimate of drug-likeness (QED) is 0.648. The Morgan fingerprint density at radius 3 is 1.76 bits per heavy atom. The van der Waals surface area contributed by atoms with Crippen LogP contribution in [-0.4, -0.2) is 24.5 Å². The van der Waals surface area contributed by atoms with Gasteiger partial charge in [0.2, 0.25) is 0 Å². The van der Waals surface area contributed by atoms with Gasteiger partial charge in [-0.1, -0.05) is 71.4 Å². The van der Waals surface area contributed by atoms with Crippen molar-refractivity contribution in [3.05, 3.63) is 35.4 Å². The van der Waals surface area contributed by atoms with Crippen LogP contribution in [-0.2, 0) is 6.42 Å². The molecule has 0 atom stereocenters. The highest BCUT2D eigenvalue weighted by Crippen LogP contribution is 2.10. The van der Waals surface area contributed by atoms with E-state index in [1.54, 1.807) is 0 Å². The van der Waals surface area contributed by atoms with Crippen molar-refractivity contribution in [1.82, 2.24) is 4.90 Å². The van der Waals surface area contributed by atoms with E-state index < -0.39 is 0 Å². The van der Waals surface area contributed by atoms with Crippen molar-refractivity contribution >= 4 is 0 Å². The number of likely N-dealkylation sites (tertiary alicyclic amines) is 1. The fourth-order valence-electron chi connectivity index (χ4n) is 2.27. The fraction of sp³-hybridized carbons (Fsp3) is 0.700. The molecule has 124 valence electrons. The van der Waals surface area contributed by atoms with Crippen molar-refractivity contribution < 1.29 is 0 Å². The second kappa shape index (κ2) is 17.2. The minimum Gasteiger partial charge on any atom is -0.303 e. The lowest BCUT2D eigenvalue weighted by Gasteiger charge is -2.13. The molecule has 1 heterocycles. The van der Waals surface area contributed by atoms with E-state index in [-0.39, 0.29) is 0 Å². The summed E-state index contributed by atoms with van der Waals surface area (Å²) in [5.41, 5.74) is 2.85. The first-order chi connectivity index (χ1) is 10.3. The highest BCUT2D eigenvalue weighted by molar-refractivity contribution is 5.21. The monoisotopic (exact) mass is 293 g/mol. The smallest absolute Gasteiger partial charge is 0.00156 e. The molecule has 0 bridgehead atoms. The van der Waals surface area contributed by atoms with Crippen LogP contribution < -0.4 is 0 Å². The van der Waals surface area contributed by atoms with Gasteiger partial charge in [-0.2, -0.15) is 0 Å². The number of aryl methyl sites for hydroxylation is 2. The maximum absolute atomic E-state index is 2.59. The van der Waals surface area contributed by atoms with Gasteiger partial charge in [0.25, 0.3) is 0 Å². The van der Waals surface area contributed by atoms with Crippen LogP contribution in [0.4, 0.5) is 0 Å². The van der Waals surface area contributed by atoms with E-state index in [1.165, 1.54) is 56.4 Å². The van der Waals surface area contributed by atoms with Crippen LogP contribution in [0.1, 0.15) is 71.9 Å². The average Bonchev–Trinajstić information content (AvgIpc) is 3.09. The molecule has 1 saturated heterocycles. The van der Waals surface area contributed by atoms with E-state index in [0.717, 1.165) is 0 Å². The van der Waals surface area contributed by atoms with Gasteiger partial charge in [-0.25, -0.2) is 0 Å². The molecule has 0 N–H and O–H groups in total. The minimum absolute atomic E-state index is 1.23. The Morgan fingerprint density at radius 2 is 1.29 bits per heavy atom. The largest absolute Gasteiger partial charge is 0.303 e. The topological polar surface area (TPSA) is 3.24 Å². The number of hydrogen-bond donors (Lipinski definition) is 0. The molecule has 1 aromatic carbocycles. The first-order valence-electron chi connectivity index (χ1n) is 9.12. The van der Waals surface area contributed by atoms with E-state index in [0.29, 0.717) is 0 Å². The SMILES string of the molecule is CC.CC.CC.Cc1ccc(CCCN2CCCC2)cc1. The molecule has 1 aromatic rings. The molecule has 1 aliphatic rings. The molecule has 0 spiro atoms. The maximum atomic E-state index is 2.59. The first-order valence-corrected chi connectivity index (χ1v) is 9.12. The summed E-state index contributed by atoms with van der Waals surface area (Å²) in [4.78, 5) is 2.59. The van der Waals surface area contributed by atoms with Gasteiger partial charge in [0.1, 0.15) is 0 Å². The van der Waals surface area contributed by atoms with Gasteiger partial charge in [-0.3, -0.25) is 0 Å². The van der Waals surface area contributed by atoms with E-state index in [9.17, 15) is 0 Å². The molecule has 0 amide bonds. The summed E-state index contributed by atoms with van der Waals surface area (Å²) in [6.45, 7) is 18.1. The normalized spacial score (nSPS) is 13.1. The summed E-state index contributed by atoms with van der Waals surface area (Å²) >= 11 is 0. The minimum atomic E-state index is 1.23. The van der Waals surface area contributed by atoms with E-state index >= 15 is 0 Å². The number of hydrogen-bond acceptors (Lipinski definition) is 1. The predicted molar refractivity (Wildman–Crippen MR) is 99.2 cm³/mol. The summed E-state index contributed by atoms with van der Waals surface area (Å²) in [7, 11) is 0. The van der Waals surface area contributed by atoms with Crippen LogP contribution in [0.5, 0.6) is 0 Å². The molecule has 1 nitrogen and oxygen atoms in total. The second-order valence-corrected chi connectivity index (χ2v) is 4.64. The second-order valence-electron chi connectivity index (χ2n) is 4.64. The highest BCUT2D eigenvalue weighted by Gasteiger charge is 2.10. The Labute approximate surface area is 134 Å². The van der Waals surface area contributed by atoms with Crippen LogP contribution in [0.3, 0.4) is 0 Å². The molecule has 0 saturated carbocycles. The van der Waals surface area contributed by atoms with Gasteiger partial charge in [0.05, 0.1) is 0 Å². The molecular formula is C20H39N. The van der Waals surface area contributed by atoms with Gasteiger partial charge >= 0.3 is 0 Å². The molecule has 0 radical (unpaired) electrons. The van der Waals surface area contributed by atoms with Crippen molar-refractivity contribution in [3.8, 4) is 0 Å². The Morgan fingerprint density at radius 1 is 0.810 bits per heavy atom. The summed E-state index contributed by atoms with van der Waals surface area (Å²) in [6.07, 6.45) is 5.36. The van der Waals surface area contributed by atoms with Crippen LogP contribution >= 0.6 is 0 Å². The van der Waals surface area contributed by atoms with E-state index in [1.807, 2.05) is 41.5 Å². The molecule has 21 heavy (non-hydrogen) atoms. The van der Waals surface area contributed by atoms with Gasteiger partial charge in [-0.05, 0) is 57.8 Å². The third-order valence-electron chi connectivity index (χ3n) is 3.26. The van der Waals surface area contributed by atoms with Crippen molar-refractivity contribution in [2.24, 2.45) is 0 Å². The average molecular weight is 294 g/mol. The summed E-state index contributed by atoms with van der Waals surface area (Å²) in [5.74, 6) is 0. The lowest BCUT2D eigenvalue weighted by Crippen LogP contribution is -2.20. The summed E-state index contributed by atoms with van der Waals surface area (Å²) in [5, 5.41) is 0. The summed E-state index contributed by atoms with van der Waals surface area (Å²) in [6, 6.07) is 8.95. The van der Waals surface area contributed by atoms with Crippen molar-refractivity contribution in [3.63, 3.8) is 0 Å². The standard InChI is InChI=1S/C14H21N.3C2H6/c1-13-6-8-14(9-7-13)5-4-12-15-10-2-3-11-15;3*1-2/h6-9H,2-5,10-12H2,1H3;3*1-2H3. The fourth-order valence-corrected chi connectivity index (χ4v) is 2.27. The first kappa shape index (κ1) is 22.5. The van der Waals surface area contributed by atoms with Gasteiger partial charge in [0.15, 0.2) is 0 Å². The Balaban J connectivity index is 0. The van der Waals surface area contributed by atoms with Crippen molar-refractivity contribution in [2.45, 2.75) is 74.1 Å². The van der Waals surface area contributed by atoms with Crippen LogP contribution in [0.25, 0.3) is 0 Å². The number of nitrogens with zero attached hydrogens (tertiary/aromatic N) is 1. The number of rotatable bonds is 4. The third-order valence-corrected chi connectivity index (χ3v) is 3.26. The van der Waals surface area contributed by atoms with Crippen LogP contribution in [0, 0.1) is 6.92 Å². The molecule has 1 fully saturated rings. The molecule has 0 aliphatic carbocycles. The zero-order valence-corrected chi connectivity index (χ0v) is 15.7. The predicted octanol–water partition coefficient (Wildman–Crippen LogP) is 6.10. The van der Waals surface area contributed by atoms with Crippen molar-refractivity contribution in [1.29, 1.82) is 0 Å². The third kappa shape index (κ3) is 11.5. The molecule has 1 aliphatic heterocycles. The lowest BCUT2D eigenvalue weighted by atomic mass is 10.1. The van der Waals surface area contributed by atoms with Gasteiger partial charge in [-0.15, -0.1) is 0 Å². The molecule has 0 aromatic heterocycles. The van der Waals surface area contributed by atoms with Gasteiger partial charge in [0, 0.05) is 0 Å². The maximum Gasteiger partial charge on any atom is -0.00156 e. The molecule has 2 rings (SSSR count). The Kier molecular flexibility index (Phi) is 18.4. The molecular weight excluding hydrogens is 254 g/mol. The Hall–Kier alpha value is -0.820. The zero-order valence-electron chi connectivity index (χ0n) is 15.7. The highest BCUT2D eigenvalue weighted by atomic mass is 15.1. The Bertz CT molecular complexity index is 283.